The van der Waals surface area contributed by atoms with Crippen LogP contribution in [0.3, 0.4) is 0 Å². The number of fused-ring (bicyclic) bond motifs is 1. The van der Waals surface area contributed by atoms with Gasteiger partial charge in [0.1, 0.15) is 0 Å². The minimum Gasteiger partial charge on any atom is -0.493 e. The standard InChI is InChI=1S/C24H30N6O2/c1-15-10-16(2)22-19(11-15)17(3)27-24(28-22)29-23-25-13-30(14-26-23)9-8-18-6-7-20(31-4)21(12-18)32-5/h6-7,10-12H,8-9,13-14H2,1-5H3,(H2,25,26,27,28,29). The van der Waals surface area contributed by atoms with Gasteiger partial charge in [0, 0.05) is 11.9 Å². The number of hydrogen-bond acceptors (Lipinski definition) is 8. The smallest absolute Gasteiger partial charge is 0.230 e. The largest absolute Gasteiger partial charge is 0.493 e. The summed E-state index contributed by atoms with van der Waals surface area (Å²) in [5, 5.41) is 7.65. The molecule has 0 saturated heterocycles. The molecular weight excluding hydrogens is 404 g/mol. The van der Waals surface area contributed by atoms with Crippen molar-refractivity contribution in [2.75, 3.05) is 39.4 Å². The molecule has 0 spiro atoms. The fourth-order valence-electron chi connectivity index (χ4n) is 3.92. The number of guanidine groups is 1. The van der Waals surface area contributed by atoms with Gasteiger partial charge in [0.25, 0.3) is 0 Å². The minimum atomic E-state index is 0.562. The molecule has 0 fully saturated rings. The first kappa shape index (κ1) is 21.8. The van der Waals surface area contributed by atoms with Gasteiger partial charge in [-0.2, -0.15) is 0 Å². The summed E-state index contributed by atoms with van der Waals surface area (Å²) in [6, 6.07) is 10.3. The number of hydrogen-bond donors (Lipinski definition) is 2. The summed E-state index contributed by atoms with van der Waals surface area (Å²) in [4.78, 5) is 16.2. The summed E-state index contributed by atoms with van der Waals surface area (Å²) >= 11 is 0. The number of ether oxygens (including phenoxy) is 2. The lowest BCUT2D eigenvalue weighted by molar-refractivity contribution is 0.268. The second-order valence-electron chi connectivity index (χ2n) is 8.05. The summed E-state index contributed by atoms with van der Waals surface area (Å²) < 4.78 is 10.7. The molecule has 1 aromatic heterocycles. The number of nitrogens with zero attached hydrogens (tertiary/aromatic N) is 4. The molecular formula is C24H30N6O2. The van der Waals surface area contributed by atoms with E-state index in [0.29, 0.717) is 25.2 Å². The van der Waals surface area contributed by atoms with E-state index in [9.17, 15) is 0 Å². The second-order valence-corrected chi connectivity index (χ2v) is 8.05. The predicted octanol–water partition coefficient (Wildman–Crippen LogP) is 3.40. The van der Waals surface area contributed by atoms with Crippen molar-refractivity contribution in [3.05, 3.63) is 52.7 Å². The summed E-state index contributed by atoms with van der Waals surface area (Å²) in [6.07, 6.45) is 0.895. The molecule has 0 radical (unpaired) electrons. The molecule has 4 rings (SSSR count). The van der Waals surface area contributed by atoms with Crippen LogP contribution < -0.4 is 20.1 Å². The third-order valence-corrected chi connectivity index (χ3v) is 5.62. The summed E-state index contributed by atoms with van der Waals surface area (Å²) in [5.41, 5.74) is 5.49. The van der Waals surface area contributed by atoms with E-state index in [0.717, 1.165) is 46.6 Å². The predicted molar refractivity (Wildman–Crippen MR) is 128 cm³/mol. The van der Waals surface area contributed by atoms with Crippen molar-refractivity contribution < 1.29 is 9.47 Å². The van der Waals surface area contributed by atoms with Crippen molar-refractivity contribution in [1.29, 1.82) is 0 Å². The van der Waals surface area contributed by atoms with Crippen LogP contribution in [0.15, 0.2) is 35.3 Å². The molecule has 0 saturated carbocycles. The van der Waals surface area contributed by atoms with Crippen LogP contribution in [0.4, 0.5) is 5.95 Å². The fraction of sp³-hybridized carbons (Fsp3) is 0.375. The van der Waals surface area contributed by atoms with Crippen molar-refractivity contribution in [2.24, 2.45) is 4.99 Å². The number of nitrogens with one attached hydrogen (secondary N) is 2. The Morgan fingerprint density at radius 3 is 2.56 bits per heavy atom. The molecule has 0 bridgehead atoms. The first-order chi connectivity index (χ1) is 15.5. The Balaban J connectivity index is 1.38. The van der Waals surface area contributed by atoms with E-state index in [2.05, 4.69) is 57.6 Å². The van der Waals surface area contributed by atoms with Crippen LogP contribution in [0.1, 0.15) is 22.4 Å². The molecule has 0 unspecified atom stereocenters. The SMILES string of the molecule is COc1ccc(CCN2CN=C(Nc3nc(C)c4cc(C)cc(C)c4n3)NC2)cc1OC. The highest BCUT2D eigenvalue weighted by molar-refractivity contribution is 5.94. The van der Waals surface area contributed by atoms with Gasteiger partial charge in [-0.3, -0.25) is 10.2 Å². The Bertz CT molecular complexity index is 1160. The van der Waals surface area contributed by atoms with Crippen LogP contribution in [0.5, 0.6) is 11.5 Å². The minimum absolute atomic E-state index is 0.562. The van der Waals surface area contributed by atoms with Crippen LogP contribution in [0.25, 0.3) is 10.9 Å². The summed E-state index contributed by atoms with van der Waals surface area (Å²) in [7, 11) is 3.30. The maximum Gasteiger partial charge on any atom is 0.230 e. The van der Waals surface area contributed by atoms with Gasteiger partial charge < -0.3 is 14.8 Å². The van der Waals surface area contributed by atoms with Gasteiger partial charge in [-0.05, 0) is 56.5 Å². The molecule has 32 heavy (non-hydrogen) atoms. The Morgan fingerprint density at radius 1 is 1.03 bits per heavy atom. The first-order valence-electron chi connectivity index (χ1n) is 10.7. The number of rotatable bonds is 6. The zero-order chi connectivity index (χ0) is 22.7. The topological polar surface area (TPSA) is 83.9 Å². The van der Waals surface area contributed by atoms with Crippen LogP contribution in [0.2, 0.25) is 0 Å². The van der Waals surface area contributed by atoms with E-state index in [1.54, 1.807) is 14.2 Å². The third-order valence-electron chi connectivity index (χ3n) is 5.62. The van der Waals surface area contributed by atoms with Gasteiger partial charge in [-0.15, -0.1) is 0 Å². The average molecular weight is 435 g/mol. The van der Waals surface area contributed by atoms with Crippen molar-refractivity contribution in [2.45, 2.75) is 27.2 Å². The molecule has 0 amide bonds. The number of anilines is 1. The number of aliphatic imine (C=N–C) groups is 1. The van der Waals surface area contributed by atoms with E-state index in [4.69, 9.17) is 14.5 Å². The Kier molecular flexibility index (Phi) is 6.41. The lowest BCUT2D eigenvalue weighted by Gasteiger charge is -2.27. The highest BCUT2D eigenvalue weighted by atomic mass is 16.5. The number of aromatic nitrogens is 2. The molecule has 0 aliphatic carbocycles. The molecule has 2 N–H and O–H groups in total. The maximum absolute atomic E-state index is 5.39. The van der Waals surface area contributed by atoms with E-state index in [-0.39, 0.29) is 0 Å². The molecule has 3 aromatic rings. The van der Waals surface area contributed by atoms with Crippen molar-refractivity contribution in [1.82, 2.24) is 20.2 Å². The van der Waals surface area contributed by atoms with Gasteiger partial charge in [-0.1, -0.05) is 17.7 Å². The van der Waals surface area contributed by atoms with Crippen LogP contribution in [0, 0.1) is 20.8 Å². The molecule has 1 aliphatic rings. The summed E-state index contributed by atoms with van der Waals surface area (Å²) in [5.74, 6) is 2.75. The average Bonchev–Trinajstić information content (AvgIpc) is 2.79. The Labute approximate surface area is 188 Å². The molecule has 1 aliphatic heterocycles. The van der Waals surface area contributed by atoms with Crippen LogP contribution >= 0.6 is 0 Å². The number of aryl methyl sites for hydroxylation is 3. The Morgan fingerprint density at radius 2 is 1.84 bits per heavy atom. The van der Waals surface area contributed by atoms with E-state index in [1.165, 1.54) is 11.1 Å². The zero-order valence-corrected chi connectivity index (χ0v) is 19.3. The number of benzene rings is 2. The van der Waals surface area contributed by atoms with E-state index < -0.39 is 0 Å². The van der Waals surface area contributed by atoms with Gasteiger partial charge >= 0.3 is 0 Å². The van der Waals surface area contributed by atoms with Crippen LogP contribution in [-0.4, -0.2) is 54.9 Å². The maximum atomic E-state index is 5.39. The second kappa shape index (κ2) is 9.40. The molecule has 0 atom stereocenters. The van der Waals surface area contributed by atoms with Gasteiger partial charge in [-0.25, -0.2) is 15.0 Å². The lowest BCUT2D eigenvalue weighted by Crippen LogP contribution is -2.46. The van der Waals surface area contributed by atoms with Crippen molar-refractivity contribution >= 4 is 22.8 Å². The van der Waals surface area contributed by atoms with Crippen LogP contribution in [-0.2, 0) is 6.42 Å². The highest BCUT2D eigenvalue weighted by Gasteiger charge is 2.15. The van der Waals surface area contributed by atoms with Crippen molar-refractivity contribution in [3.8, 4) is 11.5 Å². The summed E-state index contributed by atoms with van der Waals surface area (Å²) in [6.45, 7) is 8.37. The quantitative estimate of drug-likeness (QED) is 0.615. The van der Waals surface area contributed by atoms with E-state index in [1.807, 2.05) is 19.1 Å². The van der Waals surface area contributed by atoms with Gasteiger partial charge in [0.05, 0.1) is 38.8 Å². The molecule has 168 valence electrons. The lowest BCUT2D eigenvalue weighted by atomic mass is 10.1. The normalized spacial score (nSPS) is 14.1. The fourth-order valence-corrected chi connectivity index (χ4v) is 3.92. The molecule has 2 aromatic carbocycles. The van der Waals surface area contributed by atoms with Crippen molar-refractivity contribution in [3.63, 3.8) is 0 Å². The molecule has 2 heterocycles. The number of methoxy groups -OCH3 is 2. The Hall–Kier alpha value is -3.39. The monoisotopic (exact) mass is 434 g/mol. The zero-order valence-electron chi connectivity index (χ0n) is 19.3. The van der Waals surface area contributed by atoms with Gasteiger partial charge in [0.2, 0.25) is 11.9 Å². The molecule has 8 heteroatoms. The third kappa shape index (κ3) is 4.75. The molecule has 8 nitrogen and oxygen atoms in total. The first-order valence-corrected chi connectivity index (χ1v) is 10.7. The highest BCUT2D eigenvalue weighted by Crippen LogP contribution is 2.27. The van der Waals surface area contributed by atoms with Gasteiger partial charge in [0.15, 0.2) is 11.5 Å². The van der Waals surface area contributed by atoms with E-state index >= 15 is 0 Å².